The van der Waals surface area contributed by atoms with E-state index in [9.17, 15) is 12.8 Å². The van der Waals surface area contributed by atoms with Crippen molar-refractivity contribution in [1.29, 1.82) is 0 Å². The lowest BCUT2D eigenvalue weighted by Gasteiger charge is -2.38. The molecule has 2 aliphatic heterocycles. The van der Waals surface area contributed by atoms with E-state index in [4.69, 9.17) is 4.74 Å². The number of rotatable bonds is 4. The maximum atomic E-state index is 14.8. The van der Waals surface area contributed by atoms with Gasteiger partial charge in [0.1, 0.15) is 16.5 Å². The molecule has 3 heterocycles. The number of sulfonamides is 1. The van der Waals surface area contributed by atoms with E-state index in [1.165, 1.54) is 30.9 Å². The Bertz CT molecular complexity index is 918. The van der Waals surface area contributed by atoms with Crippen LogP contribution in [0.4, 0.5) is 10.3 Å². The molecule has 1 aromatic carbocycles. The van der Waals surface area contributed by atoms with Crippen molar-refractivity contribution in [2.45, 2.75) is 36.6 Å². The third kappa shape index (κ3) is 3.74. The Kier molecular flexibility index (Phi) is 4.96. The fourth-order valence-electron chi connectivity index (χ4n) is 3.71. The second-order valence-corrected chi connectivity index (χ2v) is 8.40. The highest BCUT2D eigenvalue weighted by Crippen LogP contribution is 2.39. The van der Waals surface area contributed by atoms with Crippen molar-refractivity contribution in [2.24, 2.45) is 0 Å². The summed E-state index contributed by atoms with van der Waals surface area (Å²) in [6.07, 6.45) is 7.05. The summed E-state index contributed by atoms with van der Waals surface area (Å²) in [6, 6.07) is 4.19. The number of piperidine rings is 1. The van der Waals surface area contributed by atoms with Crippen LogP contribution in [0.2, 0.25) is 0 Å². The zero-order chi connectivity index (χ0) is 18.9. The van der Waals surface area contributed by atoms with Crippen LogP contribution < -0.4 is 9.46 Å². The van der Waals surface area contributed by atoms with Gasteiger partial charge < -0.3 is 4.74 Å². The van der Waals surface area contributed by atoms with Crippen LogP contribution in [0.15, 0.2) is 35.5 Å². The smallest absolute Gasteiger partial charge is 0.267 e. The molecule has 0 bridgehead atoms. The van der Waals surface area contributed by atoms with Gasteiger partial charge in [-0.25, -0.2) is 27.5 Å². The first kappa shape index (κ1) is 18.1. The van der Waals surface area contributed by atoms with Gasteiger partial charge in [0, 0.05) is 36.5 Å². The van der Waals surface area contributed by atoms with Crippen LogP contribution in [0.1, 0.15) is 37.3 Å². The lowest BCUT2D eigenvalue weighted by Crippen LogP contribution is -2.36. The molecule has 9 heteroatoms. The molecule has 7 nitrogen and oxygen atoms in total. The standard InChI is InChI=1S/C18H21FN4O3S/c19-14-11-13-15(23-8-2-1-3-9-23)5-10-26-16(13)12-17(14)27(24,25)22-18-20-6-4-7-21-18/h4,6-7,11-12,15H,1-3,5,8-10H2,(H,20,21,22)/t15-/m1/s1. The van der Waals surface area contributed by atoms with Crippen molar-refractivity contribution in [3.63, 3.8) is 0 Å². The summed E-state index contributed by atoms with van der Waals surface area (Å²) in [5.41, 5.74) is 0.718. The minimum absolute atomic E-state index is 0.0609. The van der Waals surface area contributed by atoms with Crippen molar-refractivity contribution >= 4 is 16.0 Å². The Balaban J connectivity index is 1.66. The molecule has 1 fully saturated rings. The van der Waals surface area contributed by atoms with E-state index >= 15 is 0 Å². The maximum absolute atomic E-state index is 14.8. The van der Waals surface area contributed by atoms with E-state index in [1.807, 2.05) is 0 Å². The fourth-order valence-corrected chi connectivity index (χ4v) is 4.75. The number of anilines is 1. The molecular weight excluding hydrogens is 371 g/mol. The van der Waals surface area contributed by atoms with Crippen LogP contribution in [0, 0.1) is 5.82 Å². The molecule has 1 atom stereocenters. The van der Waals surface area contributed by atoms with Crippen molar-refractivity contribution in [3.8, 4) is 5.75 Å². The zero-order valence-electron chi connectivity index (χ0n) is 14.8. The Hall–Kier alpha value is -2.26. The first-order valence-electron chi connectivity index (χ1n) is 9.05. The average Bonchev–Trinajstić information content (AvgIpc) is 2.68. The van der Waals surface area contributed by atoms with E-state index in [0.717, 1.165) is 37.9 Å². The quantitative estimate of drug-likeness (QED) is 0.861. The first-order valence-corrected chi connectivity index (χ1v) is 10.5. The van der Waals surface area contributed by atoms with Crippen molar-refractivity contribution in [3.05, 3.63) is 42.0 Å². The SMILES string of the molecule is O=S(=O)(Nc1ncccn1)c1cc2c(cc1F)[C@H](N1CCCCC1)CCO2. The van der Waals surface area contributed by atoms with Crippen LogP contribution in [-0.2, 0) is 10.0 Å². The average molecular weight is 392 g/mol. The molecule has 27 heavy (non-hydrogen) atoms. The molecule has 144 valence electrons. The van der Waals surface area contributed by atoms with Gasteiger partial charge in [-0.15, -0.1) is 0 Å². The molecule has 0 aliphatic carbocycles. The number of nitrogens with one attached hydrogen (secondary N) is 1. The second-order valence-electron chi connectivity index (χ2n) is 6.75. The first-order chi connectivity index (χ1) is 13.0. The topological polar surface area (TPSA) is 84.4 Å². The molecule has 0 spiro atoms. The van der Waals surface area contributed by atoms with Crippen molar-refractivity contribution in [2.75, 3.05) is 24.4 Å². The predicted octanol–water partition coefficient (Wildman–Crippen LogP) is 2.73. The van der Waals surface area contributed by atoms with E-state index in [2.05, 4.69) is 19.6 Å². The molecular formula is C18H21FN4O3S. The largest absolute Gasteiger partial charge is 0.493 e. The summed E-state index contributed by atoms with van der Waals surface area (Å²) < 4.78 is 47.8. The number of fused-ring (bicyclic) bond motifs is 1. The summed E-state index contributed by atoms with van der Waals surface area (Å²) in [4.78, 5) is 9.51. The number of hydrogen-bond acceptors (Lipinski definition) is 6. The van der Waals surface area contributed by atoms with Gasteiger partial charge in [-0.1, -0.05) is 6.42 Å². The lowest BCUT2D eigenvalue weighted by molar-refractivity contribution is 0.118. The third-order valence-corrected chi connectivity index (χ3v) is 6.33. The van der Waals surface area contributed by atoms with E-state index in [0.29, 0.717) is 12.4 Å². The van der Waals surface area contributed by atoms with Crippen molar-refractivity contribution < 1.29 is 17.5 Å². The highest BCUT2D eigenvalue weighted by atomic mass is 32.2. The molecule has 1 aromatic heterocycles. The Morgan fingerprint density at radius 1 is 1.15 bits per heavy atom. The highest BCUT2D eigenvalue weighted by Gasteiger charge is 2.31. The second kappa shape index (κ2) is 7.40. The Morgan fingerprint density at radius 3 is 2.63 bits per heavy atom. The summed E-state index contributed by atoms with van der Waals surface area (Å²) in [5.74, 6) is -0.487. The molecule has 1 saturated heterocycles. The number of benzene rings is 1. The van der Waals surface area contributed by atoms with Gasteiger partial charge >= 0.3 is 0 Å². The van der Waals surface area contributed by atoms with Crippen molar-refractivity contribution in [1.82, 2.24) is 14.9 Å². The minimum Gasteiger partial charge on any atom is -0.493 e. The number of likely N-dealkylation sites (tertiary alicyclic amines) is 1. The molecule has 2 aromatic rings. The molecule has 0 amide bonds. The van der Waals surface area contributed by atoms with Gasteiger partial charge in [0.15, 0.2) is 0 Å². The summed E-state index contributed by atoms with van der Waals surface area (Å²) >= 11 is 0. The van der Waals surface area contributed by atoms with Gasteiger partial charge in [-0.2, -0.15) is 0 Å². The zero-order valence-corrected chi connectivity index (χ0v) is 15.6. The van der Waals surface area contributed by atoms with Gasteiger partial charge in [0.25, 0.3) is 10.0 Å². The molecule has 1 N–H and O–H groups in total. The van der Waals surface area contributed by atoms with Crippen LogP contribution in [-0.4, -0.2) is 43.0 Å². The minimum atomic E-state index is -4.16. The monoisotopic (exact) mass is 392 g/mol. The number of ether oxygens (including phenoxy) is 1. The van der Waals surface area contributed by atoms with Gasteiger partial charge in [0.05, 0.1) is 6.61 Å². The number of aromatic nitrogens is 2. The molecule has 4 rings (SSSR count). The summed E-state index contributed by atoms with van der Waals surface area (Å²) in [5, 5.41) is 0. The van der Waals surface area contributed by atoms with Gasteiger partial charge in [0.2, 0.25) is 5.95 Å². The molecule has 0 saturated carbocycles. The molecule has 0 radical (unpaired) electrons. The number of hydrogen-bond donors (Lipinski definition) is 1. The van der Waals surface area contributed by atoms with Crippen LogP contribution in [0.3, 0.4) is 0 Å². The highest BCUT2D eigenvalue weighted by molar-refractivity contribution is 7.92. The Labute approximate surface area is 157 Å². The molecule has 0 unspecified atom stereocenters. The maximum Gasteiger partial charge on any atom is 0.267 e. The van der Waals surface area contributed by atoms with E-state index < -0.39 is 20.7 Å². The lowest BCUT2D eigenvalue weighted by atomic mass is 9.96. The summed E-state index contributed by atoms with van der Waals surface area (Å²) in [6.45, 7) is 2.42. The van der Waals surface area contributed by atoms with E-state index in [-0.39, 0.29) is 12.0 Å². The predicted molar refractivity (Wildman–Crippen MR) is 97.5 cm³/mol. The number of halogens is 1. The van der Waals surface area contributed by atoms with Crippen LogP contribution in [0.5, 0.6) is 5.75 Å². The fraction of sp³-hybridized carbons (Fsp3) is 0.444. The Morgan fingerprint density at radius 2 is 1.89 bits per heavy atom. The summed E-state index contributed by atoms with van der Waals surface area (Å²) in [7, 11) is -4.16. The molecule has 2 aliphatic rings. The third-order valence-electron chi connectivity index (χ3n) is 4.98. The van der Waals surface area contributed by atoms with E-state index in [1.54, 1.807) is 6.07 Å². The van der Waals surface area contributed by atoms with Gasteiger partial charge in [-0.05, 0) is 38.1 Å². The normalized spacial score (nSPS) is 20.6. The van der Waals surface area contributed by atoms with Crippen LogP contribution in [0.25, 0.3) is 0 Å². The number of nitrogens with zero attached hydrogens (tertiary/aromatic N) is 3. The van der Waals surface area contributed by atoms with Crippen LogP contribution >= 0.6 is 0 Å². The van der Waals surface area contributed by atoms with Gasteiger partial charge in [-0.3, -0.25) is 4.90 Å².